The third-order valence-corrected chi connectivity index (χ3v) is 4.12. The Kier molecular flexibility index (Phi) is 4.05. The zero-order valence-corrected chi connectivity index (χ0v) is 10.4. The molecule has 0 saturated heterocycles. The monoisotopic (exact) mass is 221 g/mol. The molecule has 2 rings (SSSR count). The van der Waals surface area contributed by atoms with Crippen LogP contribution in [-0.2, 0) is 0 Å². The Morgan fingerprint density at radius 3 is 2.94 bits per heavy atom. The van der Waals surface area contributed by atoms with Gasteiger partial charge in [-0.1, -0.05) is 19.8 Å². The highest BCUT2D eigenvalue weighted by atomic mass is 16.3. The lowest BCUT2D eigenvalue weighted by atomic mass is 9.71. The van der Waals surface area contributed by atoms with Crippen molar-refractivity contribution in [1.29, 1.82) is 0 Å². The van der Waals surface area contributed by atoms with Crippen molar-refractivity contribution in [2.75, 3.05) is 13.6 Å². The zero-order valence-electron chi connectivity index (χ0n) is 10.4. The normalized spacial score (nSPS) is 30.5. The van der Waals surface area contributed by atoms with Gasteiger partial charge in [-0.25, -0.2) is 0 Å². The molecule has 1 saturated carbocycles. The van der Waals surface area contributed by atoms with Crippen LogP contribution in [0.4, 0.5) is 0 Å². The Bertz CT molecular complexity index is 294. The molecule has 2 nitrogen and oxygen atoms in total. The molecule has 1 fully saturated rings. The molecule has 0 amide bonds. The van der Waals surface area contributed by atoms with Crippen LogP contribution in [0.2, 0.25) is 0 Å². The van der Waals surface area contributed by atoms with Gasteiger partial charge in [-0.3, -0.25) is 0 Å². The maximum Gasteiger partial charge on any atom is 0.0937 e. The van der Waals surface area contributed by atoms with E-state index in [9.17, 15) is 0 Å². The Hall–Kier alpha value is -0.760. The molecule has 0 bridgehead atoms. The quantitative estimate of drug-likeness (QED) is 0.843. The first kappa shape index (κ1) is 11.7. The van der Waals surface area contributed by atoms with Crippen molar-refractivity contribution in [1.82, 2.24) is 5.32 Å². The first-order valence-corrected chi connectivity index (χ1v) is 6.51. The molecule has 0 radical (unpaired) electrons. The van der Waals surface area contributed by atoms with Crippen LogP contribution >= 0.6 is 0 Å². The van der Waals surface area contributed by atoms with Gasteiger partial charge in [0.2, 0.25) is 0 Å². The van der Waals surface area contributed by atoms with Gasteiger partial charge in [0, 0.05) is 0 Å². The highest BCUT2D eigenvalue weighted by Crippen LogP contribution is 2.41. The van der Waals surface area contributed by atoms with Crippen molar-refractivity contribution in [3.63, 3.8) is 0 Å². The van der Waals surface area contributed by atoms with Gasteiger partial charge in [-0.05, 0) is 55.8 Å². The first-order valence-electron chi connectivity index (χ1n) is 6.51. The molecule has 1 N–H and O–H groups in total. The summed E-state index contributed by atoms with van der Waals surface area (Å²) in [7, 11) is 2.05. The van der Waals surface area contributed by atoms with Gasteiger partial charge in [0.05, 0.1) is 12.5 Å². The van der Waals surface area contributed by atoms with E-state index in [2.05, 4.69) is 25.4 Å². The summed E-state index contributed by atoms with van der Waals surface area (Å²) in [6, 6.07) is 2.14. The van der Waals surface area contributed by atoms with Gasteiger partial charge in [-0.15, -0.1) is 0 Å². The third kappa shape index (κ3) is 2.49. The first-order chi connectivity index (χ1) is 7.85. The van der Waals surface area contributed by atoms with E-state index in [4.69, 9.17) is 4.42 Å². The second-order valence-corrected chi connectivity index (χ2v) is 5.07. The SMILES string of the molecule is CCC1CCC(CNC)C(c2ccoc2)C1. The lowest BCUT2D eigenvalue weighted by Gasteiger charge is -2.35. The van der Waals surface area contributed by atoms with Crippen molar-refractivity contribution >= 4 is 0 Å². The Labute approximate surface area is 98.4 Å². The zero-order chi connectivity index (χ0) is 11.4. The average Bonchev–Trinajstić information content (AvgIpc) is 2.83. The molecule has 0 aromatic carbocycles. The predicted molar refractivity (Wildman–Crippen MR) is 66.5 cm³/mol. The van der Waals surface area contributed by atoms with Gasteiger partial charge in [-0.2, -0.15) is 0 Å². The molecular weight excluding hydrogens is 198 g/mol. The number of hydrogen-bond donors (Lipinski definition) is 1. The van der Waals surface area contributed by atoms with Crippen LogP contribution in [-0.4, -0.2) is 13.6 Å². The van der Waals surface area contributed by atoms with E-state index >= 15 is 0 Å². The molecule has 1 aliphatic rings. The summed E-state index contributed by atoms with van der Waals surface area (Å²) in [5.41, 5.74) is 1.40. The van der Waals surface area contributed by atoms with E-state index in [0.29, 0.717) is 5.92 Å². The molecule has 90 valence electrons. The Morgan fingerprint density at radius 1 is 1.44 bits per heavy atom. The molecule has 0 aliphatic heterocycles. The Morgan fingerprint density at radius 2 is 2.31 bits per heavy atom. The molecule has 1 aromatic rings. The standard InChI is InChI=1S/C14H23NO/c1-3-11-4-5-12(9-15-2)14(8-11)13-6-7-16-10-13/h6-7,10-12,14-15H,3-5,8-9H2,1-2H3. The fourth-order valence-corrected chi connectivity index (χ4v) is 3.09. The summed E-state index contributed by atoms with van der Waals surface area (Å²) in [4.78, 5) is 0. The molecule has 2 heteroatoms. The van der Waals surface area contributed by atoms with E-state index < -0.39 is 0 Å². The fraction of sp³-hybridized carbons (Fsp3) is 0.714. The summed E-state index contributed by atoms with van der Waals surface area (Å²) in [5, 5.41) is 3.33. The highest BCUT2D eigenvalue weighted by molar-refractivity contribution is 5.15. The Balaban J connectivity index is 2.08. The maximum atomic E-state index is 5.24. The number of nitrogens with one attached hydrogen (secondary N) is 1. The molecule has 16 heavy (non-hydrogen) atoms. The lowest BCUT2D eigenvalue weighted by Crippen LogP contribution is -2.30. The average molecular weight is 221 g/mol. The minimum absolute atomic E-state index is 0.699. The van der Waals surface area contributed by atoms with Crippen LogP contribution in [0.3, 0.4) is 0 Å². The van der Waals surface area contributed by atoms with Crippen molar-refractivity contribution < 1.29 is 4.42 Å². The molecule has 3 atom stereocenters. The van der Waals surface area contributed by atoms with Crippen LogP contribution in [0.1, 0.15) is 44.1 Å². The number of rotatable bonds is 4. The van der Waals surface area contributed by atoms with Crippen LogP contribution in [0.15, 0.2) is 23.0 Å². The summed E-state index contributed by atoms with van der Waals surface area (Å²) in [5.74, 6) is 2.39. The lowest BCUT2D eigenvalue weighted by molar-refractivity contribution is 0.228. The fourth-order valence-electron chi connectivity index (χ4n) is 3.09. The summed E-state index contributed by atoms with van der Waals surface area (Å²) < 4.78 is 5.24. The van der Waals surface area contributed by atoms with Crippen molar-refractivity contribution in [2.24, 2.45) is 11.8 Å². The smallest absolute Gasteiger partial charge is 0.0937 e. The van der Waals surface area contributed by atoms with Crippen molar-refractivity contribution in [2.45, 2.75) is 38.5 Å². The summed E-state index contributed by atoms with van der Waals surface area (Å²) in [6.45, 7) is 3.45. The number of furan rings is 1. The second-order valence-electron chi connectivity index (χ2n) is 5.07. The van der Waals surface area contributed by atoms with Crippen molar-refractivity contribution in [3.05, 3.63) is 24.2 Å². The minimum atomic E-state index is 0.699. The molecule has 1 heterocycles. The van der Waals surface area contributed by atoms with Gasteiger partial charge in [0.1, 0.15) is 0 Å². The van der Waals surface area contributed by atoms with E-state index in [1.165, 1.54) is 31.2 Å². The molecule has 3 unspecified atom stereocenters. The molecule has 1 aliphatic carbocycles. The largest absolute Gasteiger partial charge is 0.472 e. The van der Waals surface area contributed by atoms with Gasteiger partial charge in [0.15, 0.2) is 0 Å². The predicted octanol–water partition coefficient (Wildman–Crippen LogP) is 3.41. The highest BCUT2D eigenvalue weighted by Gasteiger charge is 2.30. The van der Waals surface area contributed by atoms with Crippen molar-refractivity contribution in [3.8, 4) is 0 Å². The summed E-state index contributed by atoms with van der Waals surface area (Å²) in [6.07, 6.45) is 9.15. The second kappa shape index (κ2) is 5.53. The number of hydrogen-bond acceptors (Lipinski definition) is 2. The van der Waals surface area contributed by atoms with E-state index in [1.807, 2.05) is 6.26 Å². The van der Waals surface area contributed by atoms with Crippen LogP contribution in [0.25, 0.3) is 0 Å². The van der Waals surface area contributed by atoms with Gasteiger partial charge >= 0.3 is 0 Å². The van der Waals surface area contributed by atoms with Crippen LogP contribution in [0.5, 0.6) is 0 Å². The van der Waals surface area contributed by atoms with E-state index in [1.54, 1.807) is 6.26 Å². The van der Waals surface area contributed by atoms with Gasteiger partial charge < -0.3 is 9.73 Å². The molecular formula is C14H23NO. The molecule has 0 spiro atoms. The molecule has 1 aromatic heterocycles. The summed E-state index contributed by atoms with van der Waals surface area (Å²) >= 11 is 0. The van der Waals surface area contributed by atoms with Crippen LogP contribution < -0.4 is 5.32 Å². The minimum Gasteiger partial charge on any atom is -0.472 e. The third-order valence-electron chi connectivity index (χ3n) is 4.12. The van der Waals surface area contributed by atoms with E-state index in [0.717, 1.165) is 18.4 Å². The van der Waals surface area contributed by atoms with Gasteiger partial charge in [0.25, 0.3) is 0 Å². The maximum absolute atomic E-state index is 5.24. The topological polar surface area (TPSA) is 25.2 Å². The van der Waals surface area contributed by atoms with E-state index in [-0.39, 0.29) is 0 Å². The van der Waals surface area contributed by atoms with Crippen LogP contribution in [0, 0.1) is 11.8 Å².